The van der Waals surface area contributed by atoms with Gasteiger partial charge in [0.05, 0.1) is 12.8 Å². The molecule has 3 aromatic heterocycles. The van der Waals surface area contributed by atoms with Crippen molar-refractivity contribution in [1.82, 2.24) is 25.0 Å². The average molecular weight is 633 g/mol. The molecule has 0 radical (unpaired) electrons. The van der Waals surface area contributed by atoms with E-state index in [1.165, 1.54) is 28.3 Å². The van der Waals surface area contributed by atoms with Gasteiger partial charge in [-0.2, -0.15) is 13.2 Å². The quantitative estimate of drug-likeness (QED) is 0.389. The fraction of sp³-hybridized carbons (Fsp3) is 0.412. The summed E-state index contributed by atoms with van der Waals surface area (Å²) in [6.45, 7) is -0.558. The van der Waals surface area contributed by atoms with Gasteiger partial charge in [-0.25, -0.2) is 14.6 Å². The molecular weight excluding hydrogens is 619 g/mol. The highest BCUT2D eigenvalue weighted by Crippen LogP contribution is 2.40. The zero-order valence-electron chi connectivity index (χ0n) is 16.1. The molecule has 1 fully saturated rings. The molecule has 1 aliphatic rings. The number of aliphatic hydroxyl groups excluding tert-OH is 3. The van der Waals surface area contributed by atoms with Gasteiger partial charge in [0.25, 0.3) is 0 Å². The highest BCUT2D eigenvalue weighted by molar-refractivity contribution is 9.10. The average Bonchev–Trinajstić information content (AvgIpc) is 3.38. The Morgan fingerprint density at radius 2 is 2.00 bits per heavy atom. The van der Waals surface area contributed by atoms with E-state index in [0.717, 1.165) is 18.0 Å². The largest absolute Gasteiger partial charge is 0.434 e. The Morgan fingerprint density at radius 1 is 1.24 bits per heavy atom. The zero-order valence-corrected chi connectivity index (χ0v) is 20.9. The summed E-state index contributed by atoms with van der Waals surface area (Å²) in [4.78, 5) is 7.97. The number of aliphatic hydroxyl groups is 3. The van der Waals surface area contributed by atoms with Gasteiger partial charge in [0.1, 0.15) is 45.1 Å². The first-order chi connectivity index (χ1) is 15.6. The first-order valence-electron chi connectivity index (χ1n) is 9.13. The summed E-state index contributed by atoms with van der Waals surface area (Å²) in [5.74, 6) is 0. The molecule has 33 heavy (non-hydrogen) atoms. The summed E-state index contributed by atoms with van der Waals surface area (Å²) in [5.41, 5.74) is -1.72. The molecule has 16 heteroatoms. The maximum absolute atomic E-state index is 13.0. The molecule has 4 rings (SSSR count). The molecule has 2 unspecified atom stereocenters. The smallest absolute Gasteiger partial charge is 0.394 e. The predicted molar refractivity (Wildman–Crippen MR) is 118 cm³/mol. The van der Waals surface area contributed by atoms with Crippen molar-refractivity contribution >= 4 is 55.0 Å². The molecule has 9 nitrogen and oxygen atoms in total. The van der Waals surface area contributed by atoms with Crippen LogP contribution in [0.5, 0.6) is 0 Å². The van der Waals surface area contributed by atoms with E-state index in [0.29, 0.717) is 15.3 Å². The highest BCUT2D eigenvalue weighted by Gasteiger charge is 2.46. The number of hydrogen-bond donors (Lipinski definition) is 3. The minimum absolute atomic E-state index is 0.267. The molecule has 0 amide bonds. The summed E-state index contributed by atoms with van der Waals surface area (Å²) >= 11 is 8.34. The lowest BCUT2D eigenvalue weighted by Crippen LogP contribution is -2.55. The van der Waals surface area contributed by atoms with Crippen LogP contribution in [-0.4, -0.2) is 70.6 Å². The third-order valence-corrected chi connectivity index (χ3v) is 7.99. The molecule has 4 heterocycles. The SMILES string of the molecule is OCC1O[C@H](Sc2cnc(C(F)(F)F)c(Br)c2)C(O)[C@@H](n2cc(-c3nc(Br)cs3)nn2)[C@H]1O. The van der Waals surface area contributed by atoms with Crippen molar-refractivity contribution in [3.8, 4) is 10.7 Å². The molecule has 0 spiro atoms. The van der Waals surface area contributed by atoms with Crippen LogP contribution in [-0.2, 0) is 10.9 Å². The fourth-order valence-corrected chi connectivity index (χ4v) is 6.19. The third-order valence-electron chi connectivity index (χ3n) is 4.70. The number of aromatic nitrogens is 5. The monoisotopic (exact) mass is 631 g/mol. The molecule has 0 saturated carbocycles. The van der Waals surface area contributed by atoms with E-state index in [1.807, 2.05) is 0 Å². The number of nitrogens with zero attached hydrogens (tertiary/aromatic N) is 5. The molecule has 0 aromatic carbocycles. The standard InChI is InChI=1S/C17H14Br2F3N5O4S2/c18-7-1-6(2-23-14(7)17(20,21)22)33-16-13(30)11(12(29)9(4-28)31-16)27-3-8(25-26-27)15-24-10(19)5-32-15/h1-3,5,9,11-13,16,28-30H,4H2/t9?,11-,12-,13?,16+/m0/s1. The van der Waals surface area contributed by atoms with Crippen molar-refractivity contribution in [1.29, 1.82) is 0 Å². The van der Waals surface area contributed by atoms with Crippen molar-refractivity contribution in [2.24, 2.45) is 0 Å². The van der Waals surface area contributed by atoms with Crippen LogP contribution in [0.15, 0.2) is 37.8 Å². The summed E-state index contributed by atoms with van der Waals surface area (Å²) < 4.78 is 46.1. The fourth-order valence-electron chi connectivity index (χ4n) is 3.20. The molecule has 5 atom stereocenters. The van der Waals surface area contributed by atoms with Crippen molar-refractivity contribution in [2.45, 2.75) is 40.9 Å². The topological polar surface area (TPSA) is 126 Å². The third kappa shape index (κ3) is 5.27. The molecule has 3 N–H and O–H groups in total. The van der Waals surface area contributed by atoms with E-state index < -0.39 is 48.3 Å². The Kier molecular flexibility index (Phi) is 7.45. The van der Waals surface area contributed by atoms with Crippen LogP contribution in [0.1, 0.15) is 11.7 Å². The Morgan fingerprint density at radius 3 is 2.61 bits per heavy atom. The first kappa shape index (κ1) is 25.0. The molecule has 0 bridgehead atoms. The van der Waals surface area contributed by atoms with E-state index in [-0.39, 0.29) is 9.37 Å². The number of hydrogen-bond acceptors (Lipinski definition) is 10. The van der Waals surface area contributed by atoms with Gasteiger partial charge in [-0.15, -0.1) is 16.4 Å². The second kappa shape index (κ2) is 9.85. The number of pyridine rings is 1. The van der Waals surface area contributed by atoms with Gasteiger partial charge < -0.3 is 20.1 Å². The van der Waals surface area contributed by atoms with Gasteiger partial charge in [-0.05, 0) is 37.9 Å². The normalized spacial score (nSPS) is 26.0. The van der Waals surface area contributed by atoms with Gasteiger partial charge in [-0.3, -0.25) is 0 Å². The van der Waals surface area contributed by atoms with E-state index >= 15 is 0 Å². The van der Waals surface area contributed by atoms with Crippen LogP contribution in [0.2, 0.25) is 0 Å². The lowest BCUT2D eigenvalue weighted by atomic mass is 9.97. The van der Waals surface area contributed by atoms with E-state index in [9.17, 15) is 28.5 Å². The van der Waals surface area contributed by atoms with Crippen LogP contribution in [0.3, 0.4) is 0 Å². The Bertz CT molecular complexity index is 1130. The van der Waals surface area contributed by atoms with Gasteiger partial charge in [0, 0.05) is 20.9 Å². The van der Waals surface area contributed by atoms with Crippen molar-refractivity contribution < 1.29 is 33.2 Å². The van der Waals surface area contributed by atoms with Crippen molar-refractivity contribution in [3.05, 3.63) is 38.6 Å². The second-order valence-electron chi connectivity index (χ2n) is 6.87. The Balaban J connectivity index is 1.59. The number of alkyl halides is 3. The predicted octanol–water partition coefficient (Wildman–Crippen LogP) is 3.11. The van der Waals surface area contributed by atoms with E-state index in [1.54, 1.807) is 5.38 Å². The minimum Gasteiger partial charge on any atom is -0.394 e. The molecule has 1 saturated heterocycles. The van der Waals surface area contributed by atoms with E-state index in [2.05, 4.69) is 52.1 Å². The second-order valence-corrected chi connectivity index (χ2v) is 10.6. The summed E-state index contributed by atoms with van der Waals surface area (Å²) in [6, 6.07) is 0.155. The van der Waals surface area contributed by atoms with Crippen molar-refractivity contribution in [2.75, 3.05) is 6.61 Å². The zero-order chi connectivity index (χ0) is 23.9. The van der Waals surface area contributed by atoms with Gasteiger partial charge in [0.2, 0.25) is 0 Å². The van der Waals surface area contributed by atoms with Crippen LogP contribution < -0.4 is 0 Å². The number of ether oxygens (including phenoxy) is 1. The summed E-state index contributed by atoms with van der Waals surface area (Å²) in [6.07, 6.45) is -5.89. The first-order valence-corrected chi connectivity index (χ1v) is 12.5. The lowest BCUT2D eigenvalue weighted by molar-refractivity contribution is -0.178. The minimum atomic E-state index is -4.63. The summed E-state index contributed by atoms with van der Waals surface area (Å²) in [5, 5.41) is 41.7. The van der Waals surface area contributed by atoms with Crippen LogP contribution >= 0.6 is 55.0 Å². The lowest BCUT2D eigenvalue weighted by Gasteiger charge is -2.41. The van der Waals surface area contributed by atoms with Crippen LogP contribution in [0.4, 0.5) is 13.2 Å². The molecular formula is C17H14Br2F3N5O4S2. The molecule has 0 aliphatic carbocycles. The summed E-state index contributed by atoms with van der Waals surface area (Å²) in [7, 11) is 0. The van der Waals surface area contributed by atoms with Gasteiger partial charge in [-0.1, -0.05) is 17.0 Å². The van der Waals surface area contributed by atoms with Crippen LogP contribution in [0.25, 0.3) is 10.7 Å². The number of halogens is 5. The number of thiazole rings is 1. The highest BCUT2D eigenvalue weighted by atomic mass is 79.9. The molecule has 1 aliphatic heterocycles. The molecule has 3 aromatic rings. The maximum Gasteiger partial charge on any atom is 0.434 e. The van der Waals surface area contributed by atoms with Gasteiger partial charge in [0.15, 0.2) is 5.69 Å². The molecule has 178 valence electrons. The maximum atomic E-state index is 13.0. The van der Waals surface area contributed by atoms with E-state index in [4.69, 9.17) is 4.74 Å². The van der Waals surface area contributed by atoms with Crippen molar-refractivity contribution in [3.63, 3.8) is 0 Å². The van der Waals surface area contributed by atoms with Gasteiger partial charge >= 0.3 is 6.18 Å². The Hall–Kier alpha value is -1.14. The Labute approximate surface area is 209 Å². The number of thioether (sulfide) groups is 1. The number of rotatable bonds is 5. The van der Waals surface area contributed by atoms with Crippen LogP contribution in [0, 0.1) is 0 Å².